The molecule has 0 bridgehead atoms. The fraction of sp³-hybridized carbons (Fsp3) is 0.800. The number of carboxylic acid groups (broad SMARTS) is 1. The first-order valence-corrected chi connectivity index (χ1v) is 5.04. The Labute approximate surface area is 93.2 Å². The third kappa shape index (κ3) is 2.58. The normalized spacial score (nSPS) is 27.8. The van der Waals surface area contributed by atoms with Crippen molar-refractivity contribution in [2.75, 3.05) is 26.9 Å². The lowest BCUT2D eigenvalue weighted by Gasteiger charge is -2.32. The van der Waals surface area contributed by atoms with Gasteiger partial charge in [-0.3, -0.25) is 9.59 Å². The van der Waals surface area contributed by atoms with Gasteiger partial charge in [0.05, 0.1) is 25.9 Å². The van der Waals surface area contributed by atoms with Crippen molar-refractivity contribution >= 4 is 11.8 Å². The molecule has 0 aromatic rings. The van der Waals surface area contributed by atoms with E-state index in [0.29, 0.717) is 0 Å². The number of aliphatic carboxylic acids is 1. The van der Waals surface area contributed by atoms with Gasteiger partial charge in [0, 0.05) is 20.0 Å². The number of ether oxygens (including phenoxy) is 2. The van der Waals surface area contributed by atoms with E-state index in [1.54, 1.807) is 0 Å². The van der Waals surface area contributed by atoms with Gasteiger partial charge in [0.2, 0.25) is 0 Å². The molecule has 0 aromatic carbocycles. The van der Waals surface area contributed by atoms with Crippen LogP contribution in [0.25, 0.3) is 0 Å². The first kappa shape index (κ1) is 13.1. The Kier molecular flexibility index (Phi) is 4.40. The largest absolute Gasteiger partial charge is 0.480 e. The van der Waals surface area contributed by atoms with Crippen molar-refractivity contribution in [3.8, 4) is 0 Å². The van der Waals surface area contributed by atoms with Crippen LogP contribution in [0.4, 0.5) is 0 Å². The Morgan fingerprint density at radius 2 is 2.38 bits per heavy atom. The van der Waals surface area contributed by atoms with Crippen LogP contribution in [-0.4, -0.2) is 55.0 Å². The molecule has 6 nitrogen and oxygen atoms in total. The minimum atomic E-state index is -1.61. The van der Waals surface area contributed by atoms with Gasteiger partial charge in [0.1, 0.15) is 0 Å². The average Bonchev–Trinajstić information content (AvgIpc) is 2.21. The van der Waals surface area contributed by atoms with Gasteiger partial charge in [-0.1, -0.05) is 0 Å². The number of carboxylic acids is 1. The van der Waals surface area contributed by atoms with E-state index in [1.165, 1.54) is 7.11 Å². The zero-order valence-electron chi connectivity index (χ0n) is 9.14. The quantitative estimate of drug-likeness (QED) is 0.617. The topological polar surface area (TPSA) is 93.1 Å². The zero-order valence-corrected chi connectivity index (χ0v) is 9.14. The van der Waals surface area contributed by atoms with Crippen molar-refractivity contribution in [1.29, 1.82) is 0 Å². The fourth-order valence-electron chi connectivity index (χ4n) is 1.83. The maximum absolute atomic E-state index is 11.7. The van der Waals surface area contributed by atoms with Gasteiger partial charge in [-0.15, -0.1) is 0 Å². The Bertz CT molecular complexity index is 276. The molecule has 1 rings (SSSR count). The molecule has 2 atom stereocenters. The summed E-state index contributed by atoms with van der Waals surface area (Å²) in [5.74, 6) is -1.63. The molecular formula is C10H16O6. The van der Waals surface area contributed by atoms with Gasteiger partial charge in [-0.25, -0.2) is 0 Å². The number of ketones is 1. The SMILES string of the molecule is COCC(O)CC1(C(=O)O)COCCC1=O. The summed E-state index contributed by atoms with van der Waals surface area (Å²) in [5, 5.41) is 18.7. The number of carbonyl (C=O) groups is 2. The molecule has 92 valence electrons. The molecule has 1 saturated heterocycles. The van der Waals surface area contributed by atoms with Crippen LogP contribution in [0.5, 0.6) is 0 Å². The molecule has 1 aliphatic rings. The molecule has 1 aliphatic heterocycles. The third-order valence-corrected chi connectivity index (χ3v) is 2.71. The van der Waals surface area contributed by atoms with Crippen LogP contribution in [0.1, 0.15) is 12.8 Å². The Hall–Kier alpha value is -0.980. The molecule has 2 unspecified atom stereocenters. The zero-order chi connectivity index (χ0) is 12.2. The van der Waals surface area contributed by atoms with E-state index in [1.807, 2.05) is 0 Å². The molecule has 0 amide bonds. The monoisotopic (exact) mass is 232 g/mol. The minimum Gasteiger partial charge on any atom is -0.480 e. The number of hydrogen-bond acceptors (Lipinski definition) is 5. The first-order chi connectivity index (χ1) is 7.53. The van der Waals surface area contributed by atoms with E-state index in [0.717, 1.165) is 0 Å². The van der Waals surface area contributed by atoms with E-state index in [4.69, 9.17) is 14.6 Å². The summed E-state index contributed by atoms with van der Waals surface area (Å²) in [6.07, 6.45) is -1.08. The molecular weight excluding hydrogens is 216 g/mol. The van der Waals surface area contributed by atoms with E-state index in [2.05, 4.69) is 0 Å². The first-order valence-electron chi connectivity index (χ1n) is 5.04. The molecule has 0 saturated carbocycles. The van der Waals surface area contributed by atoms with Gasteiger partial charge in [0.15, 0.2) is 11.2 Å². The summed E-state index contributed by atoms with van der Waals surface area (Å²) in [5.41, 5.74) is -1.61. The summed E-state index contributed by atoms with van der Waals surface area (Å²) in [4.78, 5) is 22.9. The second-order valence-corrected chi connectivity index (χ2v) is 3.93. The summed E-state index contributed by atoms with van der Waals surface area (Å²) in [7, 11) is 1.40. The van der Waals surface area contributed by atoms with Gasteiger partial charge in [-0.05, 0) is 0 Å². The van der Waals surface area contributed by atoms with Crippen molar-refractivity contribution in [3.05, 3.63) is 0 Å². The number of methoxy groups -OCH3 is 1. The van der Waals surface area contributed by atoms with Crippen LogP contribution in [0.2, 0.25) is 0 Å². The van der Waals surface area contributed by atoms with Crippen LogP contribution in [0.3, 0.4) is 0 Å². The lowest BCUT2D eigenvalue weighted by atomic mass is 9.76. The standard InChI is InChI=1S/C10H16O6/c1-15-5-7(11)4-10(9(13)14)6-16-3-2-8(10)12/h7,11H,2-6H2,1H3,(H,13,14). The number of aliphatic hydroxyl groups is 1. The van der Waals surface area contributed by atoms with E-state index in [-0.39, 0.29) is 38.4 Å². The lowest BCUT2D eigenvalue weighted by Crippen LogP contribution is -2.49. The van der Waals surface area contributed by atoms with Crippen LogP contribution in [0.15, 0.2) is 0 Å². The number of Topliss-reactive ketones (excluding diaryl/α,β-unsaturated/α-hetero) is 1. The number of carbonyl (C=O) groups excluding carboxylic acids is 1. The molecule has 6 heteroatoms. The summed E-state index contributed by atoms with van der Waals surface area (Å²) in [6.45, 7) is 0.0679. The summed E-state index contributed by atoms with van der Waals surface area (Å²) in [6, 6.07) is 0. The van der Waals surface area contributed by atoms with Gasteiger partial charge in [-0.2, -0.15) is 0 Å². The molecule has 0 aliphatic carbocycles. The molecule has 0 spiro atoms. The van der Waals surface area contributed by atoms with E-state index >= 15 is 0 Å². The number of hydrogen-bond donors (Lipinski definition) is 2. The Morgan fingerprint density at radius 3 is 2.88 bits per heavy atom. The van der Waals surface area contributed by atoms with Crippen molar-refractivity contribution in [2.24, 2.45) is 5.41 Å². The highest BCUT2D eigenvalue weighted by Crippen LogP contribution is 2.31. The Morgan fingerprint density at radius 1 is 1.69 bits per heavy atom. The van der Waals surface area contributed by atoms with Crippen molar-refractivity contribution in [2.45, 2.75) is 18.9 Å². The second-order valence-electron chi connectivity index (χ2n) is 3.93. The molecule has 1 heterocycles. The van der Waals surface area contributed by atoms with Crippen LogP contribution >= 0.6 is 0 Å². The van der Waals surface area contributed by atoms with Crippen LogP contribution < -0.4 is 0 Å². The average molecular weight is 232 g/mol. The number of aliphatic hydroxyl groups excluding tert-OH is 1. The number of rotatable bonds is 5. The maximum atomic E-state index is 11.7. The van der Waals surface area contributed by atoms with Gasteiger partial charge < -0.3 is 19.7 Å². The smallest absolute Gasteiger partial charge is 0.319 e. The van der Waals surface area contributed by atoms with E-state index in [9.17, 15) is 14.7 Å². The molecule has 2 N–H and O–H groups in total. The predicted molar refractivity (Wildman–Crippen MR) is 53.0 cm³/mol. The summed E-state index contributed by atoms with van der Waals surface area (Å²) >= 11 is 0. The van der Waals surface area contributed by atoms with Crippen LogP contribution in [0, 0.1) is 5.41 Å². The van der Waals surface area contributed by atoms with Crippen molar-refractivity contribution in [3.63, 3.8) is 0 Å². The molecule has 0 radical (unpaired) electrons. The van der Waals surface area contributed by atoms with Crippen LogP contribution in [-0.2, 0) is 19.1 Å². The van der Waals surface area contributed by atoms with Crippen molar-refractivity contribution < 1.29 is 29.3 Å². The van der Waals surface area contributed by atoms with Gasteiger partial charge >= 0.3 is 5.97 Å². The fourth-order valence-corrected chi connectivity index (χ4v) is 1.83. The highest BCUT2D eigenvalue weighted by Gasteiger charge is 2.49. The Balaban J connectivity index is 2.79. The highest BCUT2D eigenvalue weighted by atomic mass is 16.5. The predicted octanol–water partition coefficient (Wildman–Crippen LogP) is -0.556. The lowest BCUT2D eigenvalue weighted by molar-refractivity contribution is -0.168. The minimum absolute atomic E-state index is 0.00229. The van der Waals surface area contributed by atoms with Crippen molar-refractivity contribution in [1.82, 2.24) is 0 Å². The molecule has 1 fully saturated rings. The molecule has 0 aromatic heterocycles. The highest BCUT2D eigenvalue weighted by molar-refractivity contribution is 6.03. The molecule has 16 heavy (non-hydrogen) atoms. The third-order valence-electron chi connectivity index (χ3n) is 2.71. The van der Waals surface area contributed by atoms with Gasteiger partial charge in [0.25, 0.3) is 0 Å². The summed E-state index contributed by atoms with van der Waals surface area (Å²) < 4.78 is 9.75. The maximum Gasteiger partial charge on any atom is 0.319 e. The van der Waals surface area contributed by atoms with E-state index < -0.39 is 17.5 Å². The second kappa shape index (κ2) is 5.38.